The van der Waals surface area contributed by atoms with E-state index in [-0.39, 0.29) is 29.5 Å². The highest BCUT2D eigenvalue weighted by Crippen LogP contribution is 2.26. The van der Waals surface area contributed by atoms with Crippen LogP contribution in [0, 0.1) is 12.8 Å². The van der Waals surface area contributed by atoms with Gasteiger partial charge in [-0.25, -0.2) is 0 Å². The van der Waals surface area contributed by atoms with E-state index >= 15 is 0 Å². The third-order valence-electron chi connectivity index (χ3n) is 5.29. The number of carbonyl (C=O) groups excluding carboxylic acids is 2. The molecule has 3 aromatic rings. The summed E-state index contributed by atoms with van der Waals surface area (Å²) in [5.74, 6) is 1.14. The topological polar surface area (TPSA) is 98.1 Å². The van der Waals surface area contributed by atoms with E-state index in [1.54, 1.807) is 37.5 Å². The number of ether oxygens (including phenoxy) is 1. The first-order chi connectivity index (χ1) is 16.8. The lowest BCUT2D eigenvalue weighted by molar-refractivity contribution is -0.113. The minimum Gasteiger partial charge on any atom is -0.497 e. The molecule has 0 aliphatic rings. The van der Waals surface area contributed by atoms with Crippen molar-refractivity contribution in [3.05, 3.63) is 78.1 Å². The Balaban J connectivity index is 1.73. The summed E-state index contributed by atoms with van der Waals surface area (Å²) in [6, 6.07) is 14.2. The lowest BCUT2D eigenvalue weighted by Gasteiger charge is -2.22. The number of hydrogen-bond donors (Lipinski definition) is 2. The second-order valence-electron chi connectivity index (χ2n) is 8.37. The summed E-state index contributed by atoms with van der Waals surface area (Å²) in [4.78, 5) is 25.4. The van der Waals surface area contributed by atoms with Crippen LogP contribution in [0.25, 0.3) is 0 Å². The maximum absolute atomic E-state index is 12.9. The SMILES string of the molecule is C=CCn1c(SCC(=O)Nc2cccc(OC)c2)nnc1[C@@H](NC(=O)c1ccc(C)cc1)C(C)C. The zero-order valence-corrected chi connectivity index (χ0v) is 21.3. The molecule has 2 amide bonds. The van der Waals surface area contributed by atoms with E-state index in [1.165, 1.54) is 11.8 Å². The lowest BCUT2D eigenvalue weighted by atomic mass is 10.0. The smallest absolute Gasteiger partial charge is 0.251 e. The standard InChI is InChI=1S/C26H31N5O3S/c1-6-14-31-24(23(17(2)3)28-25(33)19-12-10-18(4)11-13-19)29-30-26(31)35-16-22(32)27-20-8-7-9-21(15-20)34-5/h6-13,15,17,23H,1,14,16H2,2-5H3,(H,27,32)(H,28,33)/t23-/m0/s1. The van der Waals surface area contributed by atoms with Crippen molar-refractivity contribution in [1.82, 2.24) is 20.1 Å². The van der Waals surface area contributed by atoms with Gasteiger partial charge in [0.15, 0.2) is 11.0 Å². The summed E-state index contributed by atoms with van der Waals surface area (Å²) in [5.41, 5.74) is 2.33. The van der Waals surface area contributed by atoms with Crippen LogP contribution in [0.4, 0.5) is 5.69 Å². The van der Waals surface area contributed by atoms with Crippen LogP contribution in [0.1, 0.15) is 41.6 Å². The molecule has 0 fully saturated rings. The van der Waals surface area contributed by atoms with Gasteiger partial charge in [-0.2, -0.15) is 0 Å². The van der Waals surface area contributed by atoms with Gasteiger partial charge in [0.05, 0.1) is 18.9 Å². The van der Waals surface area contributed by atoms with E-state index in [2.05, 4.69) is 27.4 Å². The number of nitrogens with zero attached hydrogens (tertiary/aromatic N) is 3. The number of benzene rings is 2. The van der Waals surface area contributed by atoms with E-state index in [9.17, 15) is 9.59 Å². The molecule has 35 heavy (non-hydrogen) atoms. The minimum absolute atomic E-state index is 0.0615. The van der Waals surface area contributed by atoms with Gasteiger partial charge in [0.2, 0.25) is 5.91 Å². The highest BCUT2D eigenvalue weighted by Gasteiger charge is 2.26. The van der Waals surface area contributed by atoms with Gasteiger partial charge in [0, 0.05) is 23.9 Å². The summed E-state index contributed by atoms with van der Waals surface area (Å²) in [5, 5.41) is 15.2. The Kier molecular flexibility index (Phi) is 9.08. The third kappa shape index (κ3) is 6.95. The fourth-order valence-electron chi connectivity index (χ4n) is 3.42. The third-order valence-corrected chi connectivity index (χ3v) is 6.25. The highest BCUT2D eigenvalue weighted by molar-refractivity contribution is 7.99. The van der Waals surface area contributed by atoms with Crippen molar-refractivity contribution in [2.45, 2.75) is 38.5 Å². The van der Waals surface area contributed by atoms with Crippen LogP contribution >= 0.6 is 11.8 Å². The Morgan fingerprint density at radius 1 is 1.17 bits per heavy atom. The largest absolute Gasteiger partial charge is 0.497 e. The number of methoxy groups -OCH3 is 1. The molecule has 184 valence electrons. The summed E-state index contributed by atoms with van der Waals surface area (Å²) in [7, 11) is 1.58. The van der Waals surface area contributed by atoms with Crippen LogP contribution < -0.4 is 15.4 Å². The molecule has 0 saturated carbocycles. The number of allylic oxidation sites excluding steroid dienone is 1. The number of amides is 2. The second kappa shape index (κ2) is 12.2. The molecule has 0 bridgehead atoms. The number of nitrogens with one attached hydrogen (secondary N) is 2. The van der Waals surface area contributed by atoms with Crippen LogP contribution in [-0.2, 0) is 11.3 Å². The zero-order valence-electron chi connectivity index (χ0n) is 20.4. The molecular formula is C26H31N5O3S. The molecule has 1 atom stereocenters. The van der Waals surface area contributed by atoms with Gasteiger partial charge in [0.25, 0.3) is 5.91 Å². The van der Waals surface area contributed by atoms with Gasteiger partial charge in [-0.15, -0.1) is 16.8 Å². The van der Waals surface area contributed by atoms with Gasteiger partial charge < -0.3 is 19.9 Å². The van der Waals surface area contributed by atoms with E-state index in [1.807, 2.05) is 49.6 Å². The minimum atomic E-state index is -0.365. The monoisotopic (exact) mass is 493 g/mol. The molecule has 0 radical (unpaired) electrons. The van der Waals surface area contributed by atoms with Gasteiger partial charge in [-0.05, 0) is 37.1 Å². The van der Waals surface area contributed by atoms with E-state index in [0.717, 1.165) is 5.56 Å². The molecule has 1 heterocycles. The van der Waals surface area contributed by atoms with E-state index in [0.29, 0.717) is 34.5 Å². The molecule has 0 saturated heterocycles. The van der Waals surface area contributed by atoms with Crippen molar-refractivity contribution < 1.29 is 14.3 Å². The molecule has 2 aromatic carbocycles. The Labute approximate surface area is 210 Å². The molecule has 3 rings (SSSR count). The fourth-order valence-corrected chi connectivity index (χ4v) is 4.18. The van der Waals surface area contributed by atoms with E-state index in [4.69, 9.17) is 4.74 Å². The van der Waals surface area contributed by atoms with Crippen LogP contribution in [0.15, 0.2) is 66.3 Å². The van der Waals surface area contributed by atoms with Crippen LogP contribution in [0.5, 0.6) is 5.75 Å². The number of hydrogen-bond acceptors (Lipinski definition) is 6. The van der Waals surface area contributed by atoms with Crippen molar-refractivity contribution in [2.75, 3.05) is 18.2 Å². The first kappa shape index (κ1) is 26.0. The first-order valence-electron chi connectivity index (χ1n) is 11.3. The molecule has 0 aliphatic heterocycles. The van der Waals surface area contributed by atoms with Crippen molar-refractivity contribution >= 4 is 29.3 Å². The zero-order chi connectivity index (χ0) is 25.4. The van der Waals surface area contributed by atoms with Crippen molar-refractivity contribution in [3.63, 3.8) is 0 Å². The van der Waals surface area contributed by atoms with Crippen molar-refractivity contribution in [3.8, 4) is 5.75 Å². The molecule has 0 aliphatic carbocycles. The summed E-state index contributed by atoms with van der Waals surface area (Å²) >= 11 is 1.28. The van der Waals surface area contributed by atoms with Crippen molar-refractivity contribution in [1.29, 1.82) is 0 Å². The average molecular weight is 494 g/mol. The highest BCUT2D eigenvalue weighted by atomic mass is 32.2. The Hall–Kier alpha value is -3.59. The molecule has 1 aromatic heterocycles. The normalized spacial score (nSPS) is 11.7. The molecular weight excluding hydrogens is 462 g/mol. The number of thioether (sulfide) groups is 1. The number of aryl methyl sites for hydroxylation is 1. The van der Waals surface area contributed by atoms with Crippen molar-refractivity contribution in [2.24, 2.45) is 5.92 Å². The molecule has 2 N–H and O–H groups in total. The summed E-state index contributed by atoms with van der Waals surface area (Å²) < 4.78 is 7.08. The Bertz CT molecular complexity index is 1170. The average Bonchev–Trinajstić information content (AvgIpc) is 3.23. The van der Waals surface area contributed by atoms with Gasteiger partial charge in [-0.3, -0.25) is 9.59 Å². The lowest BCUT2D eigenvalue weighted by Crippen LogP contribution is -2.33. The van der Waals surface area contributed by atoms with Crippen LogP contribution in [0.2, 0.25) is 0 Å². The molecule has 9 heteroatoms. The van der Waals surface area contributed by atoms with Gasteiger partial charge in [-0.1, -0.05) is 55.4 Å². The number of anilines is 1. The van der Waals surface area contributed by atoms with Crippen LogP contribution in [-0.4, -0.2) is 39.4 Å². The van der Waals surface area contributed by atoms with Gasteiger partial charge >= 0.3 is 0 Å². The fraction of sp³-hybridized carbons (Fsp3) is 0.308. The van der Waals surface area contributed by atoms with Crippen LogP contribution in [0.3, 0.4) is 0 Å². The van der Waals surface area contributed by atoms with E-state index < -0.39 is 0 Å². The maximum atomic E-state index is 12.9. The summed E-state index contributed by atoms with van der Waals surface area (Å²) in [6.07, 6.45) is 1.74. The number of rotatable bonds is 11. The van der Waals surface area contributed by atoms with Gasteiger partial charge in [0.1, 0.15) is 5.75 Å². The number of aromatic nitrogens is 3. The Morgan fingerprint density at radius 2 is 1.91 bits per heavy atom. The quantitative estimate of drug-likeness (QED) is 0.298. The molecule has 0 unspecified atom stereocenters. The molecule has 8 nitrogen and oxygen atoms in total. The molecule has 0 spiro atoms. The predicted octanol–water partition coefficient (Wildman–Crippen LogP) is 4.64. The summed E-state index contributed by atoms with van der Waals surface area (Å²) in [6.45, 7) is 10.3. The number of carbonyl (C=O) groups is 2. The second-order valence-corrected chi connectivity index (χ2v) is 9.31. The predicted molar refractivity (Wildman–Crippen MR) is 139 cm³/mol. The first-order valence-corrected chi connectivity index (χ1v) is 12.3. The maximum Gasteiger partial charge on any atom is 0.251 e. The Morgan fingerprint density at radius 3 is 2.57 bits per heavy atom.